The molecular weight excluding hydrogens is 222 g/mol. The number of likely N-dealkylation sites (N-methyl/N-ethyl adjacent to an activating group) is 1. The minimum absolute atomic E-state index is 0.229. The van der Waals surface area contributed by atoms with Gasteiger partial charge in [-0.25, -0.2) is 4.79 Å². The van der Waals surface area contributed by atoms with Gasteiger partial charge in [0.1, 0.15) is 0 Å². The van der Waals surface area contributed by atoms with Gasteiger partial charge in [-0.15, -0.1) is 0 Å². The smallest absolute Gasteiger partial charge is 0.338 e. The highest BCUT2D eigenvalue weighted by atomic mass is 16.5. The molecule has 6 nitrogen and oxygen atoms in total. The fraction of sp³-hybridized carbons (Fsp3) is 0.273. The standard InChI is InChI=1S/C11H15N3O3/c1-2-14-10(15)6-17-11(16)7-3-8(12)5-9(13)4-7/h3-5H,2,6,12-13H2,1H3,(H,14,15). The molecule has 0 spiro atoms. The minimum Gasteiger partial charge on any atom is -0.452 e. The van der Waals surface area contributed by atoms with Crippen molar-refractivity contribution in [3.8, 4) is 0 Å². The van der Waals surface area contributed by atoms with Crippen LogP contribution in [0.3, 0.4) is 0 Å². The zero-order valence-corrected chi connectivity index (χ0v) is 9.53. The van der Waals surface area contributed by atoms with Crippen LogP contribution >= 0.6 is 0 Å². The number of benzene rings is 1. The summed E-state index contributed by atoms with van der Waals surface area (Å²) < 4.78 is 4.79. The highest BCUT2D eigenvalue weighted by Gasteiger charge is 2.10. The first-order valence-electron chi connectivity index (χ1n) is 5.12. The van der Waals surface area contributed by atoms with Gasteiger partial charge >= 0.3 is 5.97 Å². The lowest BCUT2D eigenvalue weighted by Crippen LogP contribution is -2.28. The van der Waals surface area contributed by atoms with Crippen molar-refractivity contribution in [2.45, 2.75) is 6.92 Å². The molecule has 0 aliphatic rings. The Balaban J connectivity index is 2.61. The number of esters is 1. The molecular formula is C11H15N3O3. The molecule has 5 N–H and O–H groups in total. The van der Waals surface area contributed by atoms with E-state index in [1.807, 2.05) is 0 Å². The van der Waals surface area contributed by atoms with E-state index in [0.717, 1.165) is 0 Å². The second-order valence-electron chi connectivity index (χ2n) is 3.42. The van der Waals surface area contributed by atoms with E-state index in [1.165, 1.54) is 18.2 Å². The van der Waals surface area contributed by atoms with Crippen LogP contribution in [0.15, 0.2) is 18.2 Å². The van der Waals surface area contributed by atoms with Crippen LogP contribution < -0.4 is 16.8 Å². The second-order valence-corrected chi connectivity index (χ2v) is 3.42. The van der Waals surface area contributed by atoms with Crippen LogP contribution in [-0.2, 0) is 9.53 Å². The Morgan fingerprint density at radius 2 is 1.82 bits per heavy atom. The van der Waals surface area contributed by atoms with Gasteiger partial charge in [-0.3, -0.25) is 4.79 Å². The van der Waals surface area contributed by atoms with Crippen LogP contribution in [0.5, 0.6) is 0 Å². The molecule has 1 aromatic carbocycles. The highest BCUT2D eigenvalue weighted by molar-refractivity contribution is 5.93. The van der Waals surface area contributed by atoms with Crippen LogP contribution in [0.1, 0.15) is 17.3 Å². The molecule has 6 heteroatoms. The Kier molecular flexibility index (Phi) is 4.33. The maximum atomic E-state index is 11.5. The van der Waals surface area contributed by atoms with E-state index < -0.39 is 5.97 Å². The van der Waals surface area contributed by atoms with Gasteiger partial charge < -0.3 is 21.5 Å². The molecule has 0 fully saturated rings. The van der Waals surface area contributed by atoms with Crippen molar-refractivity contribution in [3.05, 3.63) is 23.8 Å². The lowest BCUT2D eigenvalue weighted by Gasteiger charge is -2.06. The SMILES string of the molecule is CCNC(=O)COC(=O)c1cc(N)cc(N)c1. The molecule has 1 amide bonds. The van der Waals surface area contributed by atoms with Gasteiger partial charge in [0.25, 0.3) is 5.91 Å². The number of carbonyl (C=O) groups is 2. The third-order valence-corrected chi connectivity index (χ3v) is 1.92. The lowest BCUT2D eigenvalue weighted by atomic mass is 10.2. The Morgan fingerprint density at radius 1 is 1.24 bits per heavy atom. The van der Waals surface area contributed by atoms with Gasteiger partial charge in [0.2, 0.25) is 0 Å². The number of hydrogen-bond acceptors (Lipinski definition) is 5. The zero-order valence-electron chi connectivity index (χ0n) is 9.53. The summed E-state index contributed by atoms with van der Waals surface area (Å²) in [6.07, 6.45) is 0. The van der Waals surface area contributed by atoms with Gasteiger partial charge in [-0.2, -0.15) is 0 Å². The first kappa shape index (κ1) is 12.8. The Morgan fingerprint density at radius 3 is 2.35 bits per heavy atom. The largest absolute Gasteiger partial charge is 0.452 e. The molecule has 1 rings (SSSR count). The summed E-state index contributed by atoms with van der Waals surface area (Å²) >= 11 is 0. The number of nitrogen functional groups attached to an aromatic ring is 2. The average molecular weight is 237 g/mol. The molecule has 17 heavy (non-hydrogen) atoms. The maximum absolute atomic E-state index is 11.5. The molecule has 0 saturated heterocycles. The van der Waals surface area contributed by atoms with Crippen molar-refractivity contribution in [2.24, 2.45) is 0 Å². The lowest BCUT2D eigenvalue weighted by molar-refractivity contribution is -0.124. The van der Waals surface area contributed by atoms with Gasteiger partial charge in [0.05, 0.1) is 5.56 Å². The normalized spacial score (nSPS) is 9.71. The highest BCUT2D eigenvalue weighted by Crippen LogP contribution is 2.14. The monoisotopic (exact) mass is 237 g/mol. The zero-order chi connectivity index (χ0) is 12.8. The van der Waals surface area contributed by atoms with Gasteiger partial charge in [-0.05, 0) is 25.1 Å². The topological polar surface area (TPSA) is 107 Å². The molecule has 0 heterocycles. The average Bonchev–Trinajstić information content (AvgIpc) is 2.25. The number of nitrogens with two attached hydrogens (primary N) is 2. The van der Waals surface area contributed by atoms with Crippen LogP contribution in [0.2, 0.25) is 0 Å². The third kappa shape index (κ3) is 4.02. The Bertz CT molecular complexity index is 412. The number of ether oxygens (including phenoxy) is 1. The minimum atomic E-state index is -0.629. The van der Waals surface area contributed by atoms with Crippen molar-refractivity contribution in [2.75, 3.05) is 24.6 Å². The van der Waals surface area contributed by atoms with Crippen molar-refractivity contribution >= 4 is 23.3 Å². The number of nitrogens with one attached hydrogen (secondary N) is 1. The van der Waals surface area contributed by atoms with Gasteiger partial charge in [-0.1, -0.05) is 0 Å². The van der Waals surface area contributed by atoms with Gasteiger partial charge in [0.15, 0.2) is 6.61 Å². The molecule has 0 unspecified atom stereocenters. The molecule has 0 saturated carbocycles. The Labute approximate surface area is 98.9 Å². The number of rotatable bonds is 4. The molecule has 0 atom stereocenters. The molecule has 92 valence electrons. The van der Waals surface area contributed by atoms with Crippen molar-refractivity contribution < 1.29 is 14.3 Å². The third-order valence-electron chi connectivity index (χ3n) is 1.92. The maximum Gasteiger partial charge on any atom is 0.338 e. The summed E-state index contributed by atoms with van der Waals surface area (Å²) in [5.41, 5.74) is 12.0. The predicted octanol–water partition coefficient (Wildman–Crippen LogP) is 0.144. The summed E-state index contributed by atoms with van der Waals surface area (Å²) in [5.74, 6) is -0.979. The quantitative estimate of drug-likeness (QED) is 0.510. The second kappa shape index (κ2) is 5.74. The predicted molar refractivity (Wildman–Crippen MR) is 64.2 cm³/mol. The molecule has 0 aromatic heterocycles. The van der Waals surface area contributed by atoms with E-state index in [9.17, 15) is 9.59 Å². The van der Waals surface area contributed by atoms with Crippen molar-refractivity contribution in [1.82, 2.24) is 5.32 Å². The molecule has 0 aliphatic carbocycles. The molecule has 1 aromatic rings. The fourth-order valence-electron chi connectivity index (χ4n) is 1.26. The van der Waals surface area contributed by atoms with E-state index in [-0.39, 0.29) is 18.1 Å². The fourth-order valence-corrected chi connectivity index (χ4v) is 1.26. The first-order valence-corrected chi connectivity index (χ1v) is 5.12. The van der Waals surface area contributed by atoms with Crippen molar-refractivity contribution in [3.63, 3.8) is 0 Å². The number of anilines is 2. The first-order chi connectivity index (χ1) is 8.02. The summed E-state index contributed by atoms with van der Waals surface area (Å²) in [7, 11) is 0. The van der Waals surface area contributed by atoms with Crippen LogP contribution in [0, 0.1) is 0 Å². The van der Waals surface area contributed by atoms with E-state index in [0.29, 0.717) is 17.9 Å². The van der Waals surface area contributed by atoms with Crippen LogP contribution in [-0.4, -0.2) is 25.0 Å². The van der Waals surface area contributed by atoms with E-state index >= 15 is 0 Å². The van der Waals surface area contributed by atoms with Crippen LogP contribution in [0.25, 0.3) is 0 Å². The summed E-state index contributed by atoms with van der Waals surface area (Å²) in [6.45, 7) is 1.95. The summed E-state index contributed by atoms with van der Waals surface area (Å²) in [6, 6.07) is 4.41. The van der Waals surface area contributed by atoms with Gasteiger partial charge in [0, 0.05) is 17.9 Å². The summed E-state index contributed by atoms with van der Waals surface area (Å²) in [4.78, 5) is 22.6. The summed E-state index contributed by atoms with van der Waals surface area (Å²) in [5, 5.41) is 2.51. The number of hydrogen-bond donors (Lipinski definition) is 3. The molecule has 0 bridgehead atoms. The van der Waals surface area contributed by atoms with E-state index in [2.05, 4.69) is 5.32 Å². The van der Waals surface area contributed by atoms with Crippen molar-refractivity contribution in [1.29, 1.82) is 0 Å². The molecule has 0 aliphatic heterocycles. The Hall–Kier alpha value is -2.24. The van der Waals surface area contributed by atoms with E-state index in [4.69, 9.17) is 16.2 Å². The molecule has 0 radical (unpaired) electrons. The number of amides is 1. The van der Waals surface area contributed by atoms with Crippen LogP contribution in [0.4, 0.5) is 11.4 Å². The number of carbonyl (C=O) groups excluding carboxylic acids is 2. The van der Waals surface area contributed by atoms with E-state index in [1.54, 1.807) is 6.92 Å².